The van der Waals surface area contributed by atoms with E-state index in [0.29, 0.717) is 6.54 Å². The van der Waals surface area contributed by atoms with Gasteiger partial charge in [-0.3, -0.25) is 4.68 Å². The van der Waals surface area contributed by atoms with Crippen LogP contribution in [0.3, 0.4) is 0 Å². The molecule has 1 aromatic carbocycles. The summed E-state index contributed by atoms with van der Waals surface area (Å²) in [7, 11) is 1.95. The first kappa shape index (κ1) is 13.9. The van der Waals surface area contributed by atoms with Gasteiger partial charge >= 0.3 is 0 Å². The fourth-order valence-electron chi connectivity index (χ4n) is 2.39. The van der Waals surface area contributed by atoms with Gasteiger partial charge in [0.05, 0.1) is 22.4 Å². The first-order valence-electron chi connectivity index (χ1n) is 6.61. The third-order valence-corrected chi connectivity index (χ3v) is 4.47. The van der Waals surface area contributed by atoms with Crippen LogP contribution in [0.15, 0.2) is 41.1 Å². The van der Waals surface area contributed by atoms with Gasteiger partial charge in [-0.05, 0) is 35.0 Å². The third-order valence-electron chi connectivity index (χ3n) is 3.44. The number of benzene rings is 1. The van der Waals surface area contributed by atoms with Crippen LogP contribution in [-0.2, 0) is 13.6 Å². The van der Waals surface area contributed by atoms with Crippen LogP contribution in [0.1, 0.15) is 11.4 Å². The van der Waals surface area contributed by atoms with Crippen molar-refractivity contribution in [3.8, 4) is 11.4 Å². The standard InChI is InChI=1S/C15H16BrN5/c1-10-14(16)13(20(2)19-10)9-21-7-6-18-15(21)11-4-3-5-12(17)8-11/h3-8H,9,17H2,1-2H3. The van der Waals surface area contributed by atoms with Crippen LogP contribution < -0.4 is 5.73 Å². The Labute approximate surface area is 131 Å². The Kier molecular flexibility index (Phi) is 3.55. The number of nitrogen functional groups attached to an aromatic ring is 1. The molecule has 0 saturated heterocycles. The van der Waals surface area contributed by atoms with Gasteiger partial charge in [-0.1, -0.05) is 12.1 Å². The average Bonchev–Trinajstić information content (AvgIpc) is 3.00. The van der Waals surface area contributed by atoms with Crippen LogP contribution in [0, 0.1) is 6.92 Å². The zero-order valence-corrected chi connectivity index (χ0v) is 13.5. The number of rotatable bonds is 3. The molecule has 3 rings (SSSR count). The molecular weight excluding hydrogens is 330 g/mol. The first-order valence-corrected chi connectivity index (χ1v) is 7.40. The Morgan fingerprint density at radius 3 is 2.81 bits per heavy atom. The lowest BCUT2D eigenvalue weighted by atomic mass is 10.2. The van der Waals surface area contributed by atoms with Crippen molar-refractivity contribution in [1.82, 2.24) is 19.3 Å². The van der Waals surface area contributed by atoms with Gasteiger partial charge in [0, 0.05) is 30.7 Å². The maximum absolute atomic E-state index is 5.86. The monoisotopic (exact) mass is 345 g/mol. The summed E-state index contributed by atoms with van der Waals surface area (Å²) in [6.07, 6.45) is 3.77. The minimum Gasteiger partial charge on any atom is -0.399 e. The molecule has 108 valence electrons. The van der Waals surface area contributed by atoms with E-state index in [1.165, 1.54) is 0 Å². The van der Waals surface area contributed by atoms with Crippen LogP contribution in [-0.4, -0.2) is 19.3 Å². The SMILES string of the molecule is Cc1nn(C)c(Cn2ccnc2-c2cccc(N)c2)c1Br. The Balaban J connectivity index is 2.00. The number of anilines is 1. The predicted molar refractivity (Wildman–Crippen MR) is 86.8 cm³/mol. The van der Waals surface area contributed by atoms with Crippen molar-refractivity contribution < 1.29 is 0 Å². The minimum atomic E-state index is 0.696. The zero-order chi connectivity index (χ0) is 15.0. The summed E-state index contributed by atoms with van der Waals surface area (Å²) in [5.41, 5.74) is 9.70. The molecule has 2 aromatic heterocycles. The van der Waals surface area contributed by atoms with Crippen molar-refractivity contribution in [2.45, 2.75) is 13.5 Å². The van der Waals surface area contributed by atoms with Crippen LogP contribution in [0.2, 0.25) is 0 Å². The molecule has 0 aliphatic carbocycles. The van der Waals surface area contributed by atoms with E-state index in [1.54, 1.807) is 6.20 Å². The van der Waals surface area contributed by atoms with Gasteiger partial charge in [0.15, 0.2) is 0 Å². The second-order valence-corrected chi connectivity index (χ2v) is 5.77. The van der Waals surface area contributed by atoms with Crippen molar-refractivity contribution in [3.05, 3.63) is 52.5 Å². The summed E-state index contributed by atoms with van der Waals surface area (Å²) in [4.78, 5) is 4.45. The maximum atomic E-state index is 5.86. The lowest BCUT2D eigenvalue weighted by Crippen LogP contribution is -2.07. The molecule has 0 fully saturated rings. The molecule has 21 heavy (non-hydrogen) atoms. The quantitative estimate of drug-likeness (QED) is 0.742. The zero-order valence-electron chi connectivity index (χ0n) is 11.9. The first-order chi connectivity index (χ1) is 10.1. The molecule has 0 amide bonds. The molecule has 0 saturated carbocycles. The minimum absolute atomic E-state index is 0.696. The number of hydrogen-bond donors (Lipinski definition) is 1. The van der Waals surface area contributed by atoms with Crippen molar-refractivity contribution in [1.29, 1.82) is 0 Å². The van der Waals surface area contributed by atoms with Gasteiger partial charge in [0.1, 0.15) is 5.82 Å². The fraction of sp³-hybridized carbons (Fsp3) is 0.200. The molecule has 3 aromatic rings. The van der Waals surface area contributed by atoms with Gasteiger partial charge in [0.2, 0.25) is 0 Å². The normalized spacial score (nSPS) is 11.0. The summed E-state index contributed by atoms with van der Waals surface area (Å²) >= 11 is 3.60. The van der Waals surface area contributed by atoms with Gasteiger partial charge in [0.25, 0.3) is 0 Å². The summed E-state index contributed by atoms with van der Waals surface area (Å²) in [5, 5.41) is 4.42. The number of halogens is 1. The van der Waals surface area contributed by atoms with E-state index in [9.17, 15) is 0 Å². The van der Waals surface area contributed by atoms with E-state index in [1.807, 2.05) is 49.1 Å². The van der Waals surface area contributed by atoms with Crippen molar-refractivity contribution in [2.75, 3.05) is 5.73 Å². The van der Waals surface area contributed by atoms with Crippen LogP contribution in [0.25, 0.3) is 11.4 Å². The molecule has 0 atom stereocenters. The van der Waals surface area contributed by atoms with Gasteiger partial charge in [-0.15, -0.1) is 0 Å². The molecule has 0 spiro atoms. The topological polar surface area (TPSA) is 61.7 Å². The van der Waals surface area contributed by atoms with Crippen molar-refractivity contribution >= 4 is 21.6 Å². The molecule has 0 aliphatic heterocycles. The van der Waals surface area contributed by atoms with Crippen molar-refractivity contribution in [2.24, 2.45) is 7.05 Å². The highest BCUT2D eigenvalue weighted by Crippen LogP contribution is 2.24. The molecule has 0 bridgehead atoms. The summed E-state index contributed by atoms with van der Waals surface area (Å²) in [6.45, 7) is 2.68. The van der Waals surface area contributed by atoms with Gasteiger partial charge < -0.3 is 10.3 Å². The van der Waals surface area contributed by atoms with Crippen LogP contribution >= 0.6 is 15.9 Å². The molecule has 5 nitrogen and oxygen atoms in total. The molecule has 2 heterocycles. The highest BCUT2D eigenvalue weighted by Gasteiger charge is 2.13. The molecule has 2 N–H and O–H groups in total. The lowest BCUT2D eigenvalue weighted by Gasteiger charge is -2.09. The Hall–Kier alpha value is -2.08. The fourth-order valence-corrected chi connectivity index (χ4v) is 2.85. The molecule has 6 heteroatoms. The van der Waals surface area contributed by atoms with Gasteiger partial charge in [-0.2, -0.15) is 5.10 Å². The van der Waals surface area contributed by atoms with E-state index < -0.39 is 0 Å². The number of nitrogens with two attached hydrogens (primary N) is 1. The van der Waals surface area contributed by atoms with E-state index in [0.717, 1.165) is 32.9 Å². The van der Waals surface area contributed by atoms with Crippen molar-refractivity contribution in [3.63, 3.8) is 0 Å². The number of imidazole rings is 1. The average molecular weight is 346 g/mol. The van der Waals surface area contributed by atoms with E-state index in [4.69, 9.17) is 5.73 Å². The molecule has 0 aliphatic rings. The number of aryl methyl sites for hydroxylation is 2. The van der Waals surface area contributed by atoms with Crippen LogP contribution in [0.5, 0.6) is 0 Å². The number of nitrogens with zero attached hydrogens (tertiary/aromatic N) is 4. The second kappa shape index (κ2) is 5.37. The molecule has 0 radical (unpaired) electrons. The molecular formula is C15H16BrN5. The smallest absolute Gasteiger partial charge is 0.140 e. The summed E-state index contributed by atoms with van der Waals surface area (Å²) < 4.78 is 5.02. The van der Waals surface area contributed by atoms with Crippen LogP contribution in [0.4, 0.5) is 5.69 Å². The molecule has 0 unspecified atom stereocenters. The largest absolute Gasteiger partial charge is 0.399 e. The Morgan fingerprint density at radius 1 is 1.33 bits per heavy atom. The summed E-state index contributed by atoms with van der Waals surface area (Å²) in [5.74, 6) is 0.896. The third kappa shape index (κ3) is 2.58. The highest BCUT2D eigenvalue weighted by atomic mass is 79.9. The highest BCUT2D eigenvalue weighted by molar-refractivity contribution is 9.10. The van der Waals surface area contributed by atoms with Gasteiger partial charge in [-0.25, -0.2) is 4.98 Å². The van der Waals surface area contributed by atoms with E-state index in [-0.39, 0.29) is 0 Å². The Morgan fingerprint density at radius 2 is 2.14 bits per heavy atom. The lowest BCUT2D eigenvalue weighted by molar-refractivity contribution is 0.664. The van der Waals surface area contributed by atoms with E-state index >= 15 is 0 Å². The predicted octanol–water partition coefficient (Wildman–Crippen LogP) is 2.99. The second-order valence-electron chi connectivity index (χ2n) is 4.97. The number of hydrogen-bond acceptors (Lipinski definition) is 3. The summed E-state index contributed by atoms with van der Waals surface area (Å²) in [6, 6.07) is 7.76. The Bertz CT molecular complexity index is 787. The maximum Gasteiger partial charge on any atom is 0.140 e. The number of aromatic nitrogens is 4. The van der Waals surface area contributed by atoms with E-state index in [2.05, 4.69) is 30.6 Å².